The highest BCUT2D eigenvalue weighted by Gasteiger charge is 2.40. The first-order valence-corrected chi connectivity index (χ1v) is 6.95. The van der Waals surface area contributed by atoms with E-state index in [-0.39, 0.29) is 0 Å². The number of nitrogens with zero attached hydrogens (tertiary/aromatic N) is 5. The molecule has 0 aliphatic heterocycles. The number of aliphatic hydroxyl groups is 1. The predicted octanol–water partition coefficient (Wildman–Crippen LogP) is 1.00. The largest absolute Gasteiger partial charge is 0.740 e. The lowest BCUT2D eigenvalue weighted by atomic mass is 9.93. The topological polar surface area (TPSA) is 113 Å². The summed E-state index contributed by atoms with van der Waals surface area (Å²) in [5.74, 6) is 0. The minimum absolute atomic E-state index is 0.426. The van der Waals surface area contributed by atoms with Crippen molar-refractivity contribution < 1.29 is 9.84 Å². The second-order valence-electron chi connectivity index (χ2n) is 5.10. The fourth-order valence-corrected chi connectivity index (χ4v) is 2.43. The molecule has 0 amide bonds. The van der Waals surface area contributed by atoms with Gasteiger partial charge in [0.25, 0.3) is 12.1 Å². The number of rotatable bonds is 3. The van der Waals surface area contributed by atoms with E-state index in [0.717, 1.165) is 17.3 Å². The molecule has 7 heteroatoms. The molecule has 3 rings (SSSR count). The predicted molar refractivity (Wildman–Crippen MR) is 81.9 cm³/mol. The third-order valence-corrected chi connectivity index (χ3v) is 3.68. The molecule has 0 spiro atoms. The lowest BCUT2D eigenvalue weighted by Crippen LogP contribution is -2.37. The summed E-state index contributed by atoms with van der Waals surface area (Å²) in [5.41, 5.74) is -0.0113. The zero-order chi connectivity index (χ0) is 17.2. The van der Waals surface area contributed by atoms with Crippen molar-refractivity contribution in [2.75, 3.05) is 0 Å². The van der Waals surface area contributed by atoms with Gasteiger partial charge in [0.05, 0.1) is 23.3 Å². The van der Waals surface area contributed by atoms with Crippen LogP contribution in [0.3, 0.4) is 0 Å². The van der Waals surface area contributed by atoms with Gasteiger partial charge in [-0.3, -0.25) is 4.73 Å². The Morgan fingerprint density at radius 3 is 1.75 bits per heavy atom. The SMILES string of the molecule is N#Cc1ccc(C(O)(c2ccc(C#N)cc2)n2c[n+]([O-])cn2)cc1. The summed E-state index contributed by atoms with van der Waals surface area (Å²) in [6.07, 6.45) is 2.13. The molecular weight excluding hydrogens is 306 g/mol. The normalized spacial score (nSPS) is 10.8. The molecule has 7 nitrogen and oxygen atoms in total. The van der Waals surface area contributed by atoms with Crippen LogP contribution in [0.5, 0.6) is 0 Å². The smallest absolute Gasteiger partial charge is 0.274 e. The molecule has 0 aliphatic carbocycles. The molecule has 0 radical (unpaired) electrons. The molecule has 1 aromatic heterocycles. The van der Waals surface area contributed by atoms with E-state index in [1.165, 1.54) is 0 Å². The van der Waals surface area contributed by atoms with Crippen molar-refractivity contribution in [3.8, 4) is 12.1 Å². The minimum atomic E-state index is -1.75. The Bertz CT molecular complexity index is 889. The monoisotopic (exact) mass is 317 g/mol. The van der Waals surface area contributed by atoms with Crippen molar-refractivity contribution >= 4 is 0 Å². The van der Waals surface area contributed by atoms with Crippen molar-refractivity contribution in [2.45, 2.75) is 5.72 Å². The van der Waals surface area contributed by atoms with Crippen molar-refractivity contribution in [1.29, 1.82) is 10.5 Å². The second-order valence-corrected chi connectivity index (χ2v) is 5.10. The van der Waals surface area contributed by atoms with Crippen LogP contribution in [0.25, 0.3) is 0 Å². The van der Waals surface area contributed by atoms with E-state index >= 15 is 0 Å². The number of hydrogen-bond donors (Lipinski definition) is 1. The number of benzene rings is 2. The number of nitriles is 2. The van der Waals surface area contributed by atoms with Gasteiger partial charge in [-0.25, -0.2) is 0 Å². The van der Waals surface area contributed by atoms with Crippen LogP contribution in [0.4, 0.5) is 0 Å². The van der Waals surface area contributed by atoms with Crippen LogP contribution < -0.4 is 4.73 Å². The molecule has 0 atom stereocenters. The van der Waals surface area contributed by atoms with Gasteiger partial charge >= 0.3 is 0 Å². The molecule has 0 saturated heterocycles. The fraction of sp³-hybridized carbons (Fsp3) is 0.0588. The minimum Gasteiger partial charge on any atom is -0.740 e. The van der Waals surface area contributed by atoms with E-state index in [1.54, 1.807) is 48.5 Å². The van der Waals surface area contributed by atoms with Gasteiger partial charge < -0.3 is 10.3 Å². The average molecular weight is 317 g/mol. The first-order valence-electron chi connectivity index (χ1n) is 6.95. The number of aromatic nitrogens is 3. The highest BCUT2D eigenvalue weighted by Crippen LogP contribution is 2.30. The summed E-state index contributed by atoms with van der Waals surface area (Å²) >= 11 is 0. The zero-order valence-corrected chi connectivity index (χ0v) is 12.4. The van der Waals surface area contributed by atoms with E-state index in [0.29, 0.717) is 27.0 Å². The van der Waals surface area contributed by atoms with E-state index in [1.807, 2.05) is 12.1 Å². The van der Waals surface area contributed by atoms with Gasteiger partial charge in [-0.15, -0.1) is 0 Å². The quantitative estimate of drug-likeness (QED) is 0.572. The standard InChI is InChI=1S/C17H11N5O2/c18-9-13-1-5-15(6-2-13)17(23,22-12-21(24)11-20-22)16-7-3-14(10-19)4-8-16/h1-8,11-12,23H. The average Bonchev–Trinajstić information content (AvgIpc) is 3.08. The Balaban J connectivity index is 2.20. The third-order valence-electron chi connectivity index (χ3n) is 3.68. The maximum absolute atomic E-state index is 11.4. The van der Waals surface area contributed by atoms with E-state index in [4.69, 9.17) is 10.5 Å². The second kappa shape index (κ2) is 5.84. The summed E-state index contributed by atoms with van der Waals surface area (Å²) in [7, 11) is 0. The van der Waals surface area contributed by atoms with Gasteiger partial charge in [0, 0.05) is 16.2 Å². The van der Waals surface area contributed by atoms with Crippen LogP contribution in [0.1, 0.15) is 22.3 Å². The van der Waals surface area contributed by atoms with Crippen molar-refractivity contribution in [1.82, 2.24) is 9.78 Å². The Labute approximate surface area is 137 Å². The Morgan fingerprint density at radius 2 is 1.42 bits per heavy atom. The maximum atomic E-state index is 11.4. The molecule has 1 heterocycles. The van der Waals surface area contributed by atoms with Gasteiger partial charge in [-0.2, -0.15) is 10.5 Å². The Morgan fingerprint density at radius 1 is 0.958 bits per heavy atom. The van der Waals surface area contributed by atoms with Gasteiger partial charge in [0.2, 0.25) is 6.33 Å². The van der Waals surface area contributed by atoms with Crippen molar-refractivity contribution in [2.24, 2.45) is 0 Å². The zero-order valence-electron chi connectivity index (χ0n) is 12.4. The highest BCUT2D eigenvalue weighted by molar-refractivity contribution is 5.42. The Hall–Kier alpha value is -3.68. The van der Waals surface area contributed by atoms with Crippen LogP contribution in [0.15, 0.2) is 61.2 Å². The van der Waals surface area contributed by atoms with Crippen molar-refractivity contribution in [3.63, 3.8) is 0 Å². The van der Waals surface area contributed by atoms with Gasteiger partial charge in [-0.1, -0.05) is 28.9 Å². The van der Waals surface area contributed by atoms with Crippen LogP contribution >= 0.6 is 0 Å². The molecule has 0 unspecified atom stereocenters. The Kier molecular flexibility index (Phi) is 3.70. The van der Waals surface area contributed by atoms with E-state index in [9.17, 15) is 10.3 Å². The molecule has 1 N–H and O–H groups in total. The lowest BCUT2D eigenvalue weighted by molar-refractivity contribution is -0.606. The summed E-state index contributed by atoms with van der Waals surface area (Å²) in [6, 6.07) is 16.7. The molecule has 3 aromatic rings. The summed E-state index contributed by atoms with van der Waals surface area (Å²) in [4.78, 5) is 0. The highest BCUT2D eigenvalue weighted by atomic mass is 16.5. The van der Waals surface area contributed by atoms with Crippen LogP contribution in [-0.4, -0.2) is 14.9 Å². The molecule has 0 saturated carbocycles. The van der Waals surface area contributed by atoms with Crippen molar-refractivity contribution in [3.05, 3.63) is 88.6 Å². The summed E-state index contributed by atoms with van der Waals surface area (Å²) in [6.45, 7) is 0. The van der Waals surface area contributed by atoms with Crippen LogP contribution in [0.2, 0.25) is 0 Å². The van der Waals surface area contributed by atoms with E-state index in [2.05, 4.69) is 5.10 Å². The first kappa shape index (κ1) is 15.2. The molecule has 0 fully saturated rings. The first-order chi connectivity index (χ1) is 11.6. The molecular formula is C17H11N5O2. The van der Waals surface area contributed by atoms with Gasteiger partial charge in [0.1, 0.15) is 0 Å². The molecule has 0 bridgehead atoms. The molecule has 2 aromatic carbocycles. The summed E-state index contributed by atoms with van der Waals surface area (Å²) < 4.78 is 1.60. The molecule has 116 valence electrons. The molecule has 24 heavy (non-hydrogen) atoms. The third kappa shape index (κ3) is 2.45. The van der Waals surface area contributed by atoms with E-state index < -0.39 is 5.72 Å². The maximum Gasteiger partial charge on any atom is 0.274 e. The van der Waals surface area contributed by atoms with Gasteiger partial charge in [0.15, 0.2) is 0 Å². The van der Waals surface area contributed by atoms with Crippen LogP contribution in [0, 0.1) is 27.9 Å². The molecule has 0 aliphatic rings. The van der Waals surface area contributed by atoms with Gasteiger partial charge in [-0.05, 0) is 24.3 Å². The van der Waals surface area contributed by atoms with Crippen LogP contribution in [-0.2, 0) is 5.72 Å². The lowest BCUT2D eigenvalue weighted by Gasteiger charge is -2.24. The fourth-order valence-electron chi connectivity index (χ4n) is 2.43. The summed E-state index contributed by atoms with van der Waals surface area (Å²) in [5, 5.41) is 44.5. The number of hydrogen-bond acceptors (Lipinski definition) is 5.